The van der Waals surface area contributed by atoms with Gasteiger partial charge in [0.15, 0.2) is 0 Å². The zero-order valence-corrected chi connectivity index (χ0v) is 26.3. The molecule has 228 valence electrons. The highest BCUT2D eigenvalue weighted by Gasteiger charge is 2.26. The molecule has 6 rings (SSSR count). The Labute approximate surface area is 265 Å². The van der Waals surface area contributed by atoms with Gasteiger partial charge >= 0.3 is 0 Å². The van der Waals surface area contributed by atoms with E-state index in [1.54, 1.807) is 13.8 Å². The van der Waals surface area contributed by atoms with Gasteiger partial charge in [0.1, 0.15) is 24.7 Å². The fourth-order valence-electron chi connectivity index (χ4n) is 5.84. The van der Waals surface area contributed by atoms with Crippen LogP contribution in [0.25, 0.3) is 43.8 Å². The predicted molar refractivity (Wildman–Crippen MR) is 185 cm³/mol. The first-order valence-electron chi connectivity index (χ1n) is 15.6. The van der Waals surface area contributed by atoms with Crippen molar-refractivity contribution in [3.8, 4) is 33.8 Å². The molecular weight excluding hydrogens is 556 g/mol. The summed E-state index contributed by atoms with van der Waals surface area (Å²) >= 11 is 0. The number of rotatable bonds is 10. The van der Waals surface area contributed by atoms with E-state index in [0.717, 1.165) is 55.7 Å². The molecule has 0 aliphatic rings. The van der Waals surface area contributed by atoms with Gasteiger partial charge in [-0.2, -0.15) is 0 Å². The van der Waals surface area contributed by atoms with E-state index in [0.29, 0.717) is 0 Å². The van der Waals surface area contributed by atoms with Crippen molar-refractivity contribution in [3.63, 3.8) is 0 Å². The van der Waals surface area contributed by atoms with Gasteiger partial charge in [-0.15, -0.1) is 0 Å². The fraction of sp³-hybridized carbons (Fsp3) is 0.220. The summed E-state index contributed by atoms with van der Waals surface area (Å²) in [4.78, 5) is 0. The Morgan fingerprint density at radius 2 is 0.911 bits per heavy atom. The minimum Gasteiger partial charge on any atom is -0.490 e. The van der Waals surface area contributed by atoms with Crippen molar-refractivity contribution >= 4 is 21.5 Å². The van der Waals surface area contributed by atoms with Crippen LogP contribution >= 0.6 is 0 Å². The molecule has 2 unspecified atom stereocenters. The van der Waals surface area contributed by atoms with Gasteiger partial charge in [-0.25, -0.2) is 0 Å². The van der Waals surface area contributed by atoms with Crippen LogP contribution in [-0.4, -0.2) is 35.6 Å². The molecule has 0 aliphatic carbocycles. The maximum atomic E-state index is 9.97. The van der Waals surface area contributed by atoms with E-state index in [2.05, 4.69) is 123 Å². The largest absolute Gasteiger partial charge is 0.490 e. The normalized spacial score (nSPS) is 13.1. The standard InChI is InChI=1S/C41H40O4/c1-27(42)25-44-39-19-17-35(23-37(39)33-15-13-29-9-5-7-11-31(29)21-33)41(3,4)36-18-20-40(45-26-28(2)43)38(24-36)34-16-14-30-10-6-8-12-32(30)22-34/h5-24,27-28,42-43H,25-26H2,1-4H3. The maximum absolute atomic E-state index is 9.97. The van der Waals surface area contributed by atoms with Crippen LogP contribution in [0.15, 0.2) is 121 Å². The molecule has 6 aromatic rings. The number of ether oxygens (including phenoxy) is 2. The van der Waals surface area contributed by atoms with Crippen molar-refractivity contribution in [2.45, 2.75) is 45.3 Å². The van der Waals surface area contributed by atoms with Gasteiger partial charge in [-0.1, -0.05) is 98.8 Å². The van der Waals surface area contributed by atoms with Crippen LogP contribution in [0.5, 0.6) is 11.5 Å². The molecule has 0 amide bonds. The quantitative estimate of drug-likeness (QED) is 0.166. The van der Waals surface area contributed by atoms with Crippen molar-refractivity contribution in [3.05, 3.63) is 132 Å². The van der Waals surface area contributed by atoms with Crippen LogP contribution in [0.1, 0.15) is 38.8 Å². The lowest BCUT2D eigenvalue weighted by atomic mass is 9.76. The Hall–Kier alpha value is -4.64. The number of hydrogen-bond donors (Lipinski definition) is 2. The molecule has 6 aromatic carbocycles. The Morgan fingerprint density at radius 3 is 1.31 bits per heavy atom. The lowest BCUT2D eigenvalue weighted by Crippen LogP contribution is -2.20. The summed E-state index contributed by atoms with van der Waals surface area (Å²) in [6, 6.07) is 42.4. The number of aliphatic hydroxyl groups is 2. The monoisotopic (exact) mass is 596 g/mol. The molecule has 0 saturated heterocycles. The second-order valence-corrected chi connectivity index (χ2v) is 12.5. The molecule has 0 aromatic heterocycles. The van der Waals surface area contributed by atoms with Gasteiger partial charge in [0.2, 0.25) is 0 Å². The summed E-state index contributed by atoms with van der Waals surface area (Å²) in [6.45, 7) is 8.36. The highest BCUT2D eigenvalue weighted by atomic mass is 16.5. The summed E-state index contributed by atoms with van der Waals surface area (Å²) in [5.74, 6) is 1.48. The molecule has 2 N–H and O–H groups in total. The van der Waals surface area contributed by atoms with Crippen LogP contribution in [-0.2, 0) is 5.41 Å². The van der Waals surface area contributed by atoms with E-state index in [-0.39, 0.29) is 18.6 Å². The van der Waals surface area contributed by atoms with Crippen LogP contribution in [0.2, 0.25) is 0 Å². The predicted octanol–water partition coefficient (Wildman–Crippen LogP) is 9.17. The van der Waals surface area contributed by atoms with E-state index >= 15 is 0 Å². The molecule has 45 heavy (non-hydrogen) atoms. The first kappa shape index (κ1) is 30.4. The molecule has 0 aliphatic heterocycles. The molecule has 0 bridgehead atoms. The van der Waals surface area contributed by atoms with E-state index in [4.69, 9.17) is 9.47 Å². The van der Waals surface area contributed by atoms with Crippen LogP contribution in [0, 0.1) is 0 Å². The van der Waals surface area contributed by atoms with E-state index < -0.39 is 12.2 Å². The summed E-state index contributed by atoms with van der Waals surface area (Å²) in [5.41, 5.74) is 5.99. The molecule has 0 fully saturated rings. The number of benzene rings is 6. The molecule has 0 heterocycles. The molecule has 4 heteroatoms. The van der Waals surface area contributed by atoms with Gasteiger partial charge in [-0.05, 0) is 94.0 Å². The third kappa shape index (κ3) is 6.58. The van der Waals surface area contributed by atoms with Crippen LogP contribution < -0.4 is 9.47 Å². The van der Waals surface area contributed by atoms with Gasteiger partial charge < -0.3 is 19.7 Å². The molecular formula is C41H40O4. The average molecular weight is 597 g/mol. The molecule has 2 atom stereocenters. The zero-order chi connectivity index (χ0) is 31.6. The van der Waals surface area contributed by atoms with Crippen LogP contribution in [0.3, 0.4) is 0 Å². The Morgan fingerprint density at radius 1 is 0.511 bits per heavy atom. The molecule has 0 saturated carbocycles. The molecule has 0 radical (unpaired) electrons. The van der Waals surface area contributed by atoms with Crippen molar-refractivity contribution in [2.24, 2.45) is 0 Å². The smallest absolute Gasteiger partial charge is 0.127 e. The first-order chi connectivity index (χ1) is 21.7. The second kappa shape index (κ2) is 12.8. The van der Waals surface area contributed by atoms with E-state index in [9.17, 15) is 10.2 Å². The summed E-state index contributed by atoms with van der Waals surface area (Å²) < 4.78 is 12.3. The third-order valence-electron chi connectivity index (χ3n) is 8.48. The van der Waals surface area contributed by atoms with Crippen molar-refractivity contribution in [1.29, 1.82) is 0 Å². The van der Waals surface area contributed by atoms with Gasteiger partial charge in [-0.3, -0.25) is 0 Å². The Bertz CT molecular complexity index is 1810. The lowest BCUT2D eigenvalue weighted by Gasteiger charge is -2.29. The summed E-state index contributed by atoms with van der Waals surface area (Å²) in [6.07, 6.45) is -1.15. The number of aliphatic hydroxyl groups excluding tert-OH is 2. The zero-order valence-electron chi connectivity index (χ0n) is 26.3. The minimum absolute atomic E-state index is 0.215. The number of hydrogen-bond acceptors (Lipinski definition) is 4. The average Bonchev–Trinajstić information content (AvgIpc) is 3.05. The van der Waals surface area contributed by atoms with Crippen molar-refractivity contribution in [2.75, 3.05) is 13.2 Å². The Kier molecular flexibility index (Phi) is 8.62. The summed E-state index contributed by atoms with van der Waals surface area (Å²) in [5, 5.41) is 24.6. The van der Waals surface area contributed by atoms with Gasteiger partial charge in [0.05, 0.1) is 12.2 Å². The fourth-order valence-corrected chi connectivity index (χ4v) is 5.84. The Balaban J connectivity index is 1.45. The first-order valence-corrected chi connectivity index (χ1v) is 15.6. The highest BCUT2D eigenvalue weighted by Crippen LogP contribution is 2.42. The van der Waals surface area contributed by atoms with Crippen molar-refractivity contribution in [1.82, 2.24) is 0 Å². The van der Waals surface area contributed by atoms with E-state index in [1.165, 1.54) is 10.8 Å². The maximum Gasteiger partial charge on any atom is 0.127 e. The topological polar surface area (TPSA) is 58.9 Å². The summed E-state index contributed by atoms with van der Waals surface area (Å²) in [7, 11) is 0. The molecule has 4 nitrogen and oxygen atoms in total. The van der Waals surface area contributed by atoms with E-state index in [1.807, 2.05) is 12.1 Å². The van der Waals surface area contributed by atoms with Crippen LogP contribution in [0.4, 0.5) is 0 Å². The molecule has 0 spiro atoms. The second-order valence-electron chi connectivity index (χ2n) is 12.5. The minimum atomic E-state index is -0.575. The highest BCUT2D eigenvalue weighted by molar-refractivity contribution is 5.89. The van der Waals surface area contributed by atoms with Crippen molar-refractivity contribution < 1.29 is 19.7 Å². The number of fused-ring (bicyclic) bond motifs is 2. The lowest BCUT2D eigenvalue weighted by molar-refractivity contribution is 0.123. The third-order valence-corrected chi connectivity index (χ3v) is 8.48. The SMILES string of the molecule is CC(O)COc1ccc(C(C)(C)c2ccc(OCC(C)O)c(-c3ccc4ccccc4c3)c2)cc1-c1ccc2ccccc2c1. The van der Waals surface area contributed by atoms with Gasteiger partial charge in [0.25, 0.3) is 0 Å². The van der Waals surface area contributed by atoms with Gasteiger partial charge in [0, 0.05) is 16.5 Å².